The Morgan fingerprint density at radius 1 is 0.784 bits per heavy atom. The van der Waals surface area contributed by atoms with Crippen LogP contribution >= 0.6 is 0 Å². The molecule has 3 aliphatic heterocycles. The molecule has 5 rings (SSSR count). The lowest BCUT2D eigenvalue weighted by Crippen LogP contribution is -2.67. The van der Waals surface area contributed by atoms with Gasteiger partial charge in [0.2, 0.25) is 6.29 Å². The van der Waals surface area contributed by atoms with E-state index >= 15 is 0 Å². The highest BCUT2D eigenvalue weighted by molar-refractivity contribution is 5.68. The fourth-order valence-electron chi connectivity index (χ4n) is 5.83. The van der Waals surface area contributed by atoms with Gasteiger partial charge in [-0.05, 0) is 12.1 Å². The van der Waals surface area contributed by atoms with Crippen LogP contribution in [0.15, 0.2) is 54.6 Å². The molecule has 0 aromatic heterocycles. The minimum Gasteiger partial charge on any atom is -0.463 e. The molecule has 276 valence electrons. The second kappa shape index (κ2) is 16.5. The molecule has 0 bridgehead atoms. The molecule has 1 N–H and O–H groups in total. The third-order valence-corrected chi connectivity index (χ3v) is 7.92. The Hall–Kier alpha value is -4.72. The van der Waals surface area contributed by atoms with Gasteiger partial charge in [-0.1, -0.05) is 30.3 Å². The molecule has 18 nitrogen and oxygen atoms in total. The van der Waals surface area contributed by atoms with Gasteiger partial charge in [0.1, 0.15) is 42.9 Å². The highest BCUT2D eigenvalue weighted by Gasteiger charge is 2.57. The van der Waals surface area contributed by atoms with E-state index in [0.717, 1.165) is 27.7 Å². The van der Waals surface area contributed by atoms with Crippen molar-refractivity contribution in [3.8, 4) is 5.75 Å². The predicted octanol–water partition coefficient (Wildman–Crippen LogP) is 1.64. The second-order valence-corrected chi connectivity index (χ2v) is 11.7. The molecule has 3 heterocycles. The molecule has 18 heteroatoms. The van der Waals surface area contributed by atoms with Gasteiger partial charge in [0.15, 0.2) is 30.9 Å². The zero-order valence-electron chi connectivity index (χ0n) is 27.9. The Morgan fingerprint density at radius 3 is 2.02 bits per heavy atom. The summed E-state index contributed by atoms with van der Waals surface area (Å²) in [5.41, 5.74) is 0.444. The first-order valence-corrected chi connectivity index (χ1v) is 15.8. The lowest BCUT2D eigenvalue weighted by molar-refractivity contribution is -0.386. The first-order chi connectivity index (χ1) is 24.3. The number of rotatable bonds is 11. The van der Waals surface area contributed by atoms with E-state index in [1.54, 1.807) is 30.3 Å². The van der Waals surface area contributed by atoms with Crippen molar-refractivity contribution in [3.63, 3.8) is 0 Å². The summed E-state index contributed by atoms with van der Waals surface area (Å²) in [5.74, 6) is -3.12. The first kappa shape index (κ1) is 37.5. The summed E-state index contributed by atoms with van der Waals surface area (Å²) in [6.45, 7) is 3.80. The zero-order valence-corrected chi connectivity index (χ0v) is 27.9. The van der Waals surface area contributed by atoms with E-state index < -0.39 is 103 Å². The number of nitro groups is 1. The van der Waals surface area contributed by atoms with E-state index in [-0.39, 0.29) is 18.0 Å². The van der Waals surface area contributed by atoms with Crippen LogP contribution in [0.1, 0.15) is 39.5 Å². The highest BCUT2D eigenvalue weighted by atomic mass is 16.8. The van der Waals surface area contributed by atoms with Crippen LogP contribution in [-0.4, -0.2) is 109 Å². The fraction of sp³-hybridized carbons (Fsp3) is 0.515. The standard InChI is InChI=1S/C33H37NO17/c1-16(35)42-14-23-27(44-17(2)36)29(45-18(3)37)30(46-19(4)38)33(49-23)51-28-25(39)32(47-22-12-10-21(11-13-22)34(40)41)48-24-15-43-31(50-26(24)28)20-8-6-5-7-9-20/h5-13,23-33,39H,14-15H2,1-4H3/t23-,24+,25+,26+,27-,28+,29+,30-,31?,32+,33+/m0/s1. The fourth-order valence-corrected chi connectivity index (χ4v) is 5.83. The van der Waals surface area contributed by atoms with Crippen molar-refractivity contribution in [1.29, 1.82) is 0 Å². The number of hydrogen-bond donors (Lipinski definition) is 1. The average Bonchev–Trinajstić information content (AvgIpc) is 3.08. The van der Waals surface area contributed by atoms with Gasteiger partial charge in [0.25, 0.3) is 5.69 Å². The summed E-state index contributed by atoms with van der Waals surface area (Å²) < 4.78 is 58.3. The van der Waals surface area contributed by atoms with Crippen molar-refractivity contribution in [2.45, 2.75) is 95.4 Å². The number of aliphatic hydroxyl groups excluding tert-OH is 1. The minimum atomic E-state index is -1.68. The summed E-state index contributed by atoms with van der Waals surface area (Å²) in [5, 5.41) is 22.9. The number of non-ortho nitro benzene ring substituents is 1. The maximum absolute atomic E-state index is 12.4. The normalized spacial score (nSPS) is 31.7. The number of hydrogen-bond acceptors (Lipinski definition) is 17. The number of fused-ring (bicyclic) bond motifs is 1. The largest absolute Gasteiger partial charge is 0.463 e. The lowest BCUT2D eigenvalue weighted by atomic mass is 9.95. The Kier molecular flexibility index (Phi) is 12.2. The molecular formula is C33H37NO17. The molecule has 3 fully saturated rings. The SMILES string of the molecule is CC(=O)OC[C@@H]1O[C@H](O[C@@H]2[C@@H](O)[C@H](Oc3ccc([N+](=O)[O-])cc3)O[C@@H]3COC(c4ccccc4)O[C@@H]23)[C@@H](OC(C)=O)[C@H](OC(C)=O)[C@H]1OC(C)=O. The number of esters is 4. The molecule has 0 amide bonds. The van der Waals surface area contributed by atoms with E-state index in [9.17, 15) is 34.4 Å². The number of carbonyl (C=O) groups excluding carboxylic acids is 4. The number of aliphatic hydroxyl groups is 1. The third kappa shape index (κ3) is 9.34. The molecule has 0 radical (unpaired) electrons. The van der Waals surface area contributed by atoms with Gasteiger partial charge in [0, 0.05) is 45.4 Å². The Morgan fingerprint density at radius 2 is 1.41 bits per heavy atom. The van der Waals surface area contributed by atoms with Gasteiger partial charge in [0.05, 0.1) is 11.5 Å². The zero-order chi connectivity index (χ0) is 36.8. The molecule has 11 atom stereocenters. The van der Waals surface area contributed by atoms with Crippen LogP contribution in [0, 0.1) is 10.1 Å². The molecule has 0 aliphatic carbocycles. The summed E-state index contributed by atoms with van der Waals surface area (Å²) in [4.78, 5) is 59.2. The summed E-state index contributed by atoms with van der Waals surface area (Å²) in [7, 11) is 0. The molecular weight excluding hydrogens is 682 g/mol. The van der Waals surface area contributed by atoms with Gasteiger partial charge in [-0.25, -0.2) is 0 Å². The number of benzene rings is 2. The lowest BCUT2D eigenvalue weighted by Gasteiger charge is -2.50. The third-order valence-electron chi connectivity index (χ3n) is 7.92. The van der Waals surface area contributed by atoms with E-state index in [1.807, 2.05) is 0 Å². The second-order valence-electron chi connectivity index (χ2n) is 11.7. The molecule has 3 saturated heterocycles. The topological polar surface area (TPSA) is 224 Å². The number of carbonyl (C=O) groups is 4. The Labute approximate surface area is 290 Å². The van der Waals surface area contributed by atoms with Gasteiger partial charge in [-0.3, -0.25) is 29.3 Å². The van der Waals surface area contributed by atoms with Crippen molar-refractivity contribution in [1.82, 2.24) is 0 Å². The van der Waals surface area contributed by atoms with Crippen LogP contribution in [0.4, 0.5) is 5.69 Å². The van der Waals surface area contributed by atoms with Crippen LogP contribution < -0.4 is 4.74 Å². The molecule has 0 spiro atoms. The van der Waals surface area contributed by atoms with Gasteiger partial charge in [-0.2, -0.15) is 0 Å². The molecule has 51 heavy (non-hydrogen) atoms. The van der Waals surface area contributed by atoms with Crippen molar-refractivity contribution in [2.24, 2.45) is 0 Å². The number of nitrogens with zero attached hydrogens (tertiary/aromatic N) is 1. The summed E-state index contributed by atoms with van der Waals surface area (Å²) in [6.07, 6.45) is -15.1. The van der Waals surface area contributed by atoms with Crippen molar-refractivity contribution >= 4 is 29.6 Å². The molecule has 2 aromatic rings. The van der Waals surface area contributed by atoms with Crippen molar-refractivity contribution in [3.05, 3.63) is 70.3 Å². The predicted molar refractivity (Wildman–Crippen MR) is 165 cm³/mol. The van der Waals surface area contributed by atoms with Gasteiger partial charge < -0.3 is 52.5 Å². The van der Waals surface area contributed by atoms with Crippen LogP contribution in [0.2, 0.25) is 0 Å². The van der Waals surface area contributed by atoms with Gasteiger partial charge >= 0.3 is 23.9 Å². The van der Waals surface area contributed by atoms with E-state index in [2.05, 4.69) is 0 Å². The van der Waals surface area contributed by atoms with Crippen LogP contribution in [0.3, 0.4) is 0 Å². The molecule has 3 aliphatic rings. The highest BCUT2D eigenvalue weighted by Crippen LogP contribution is 2.39. The van der Waals surface area contributed by atoms with E-state index in [4.69, 9.17) is 47.4 Å². The van der Waals surface area contributed by atoms with E-state index in [0.29, 0.717) is 5.56 Å². The van der Waals surface area contributed by atoms with Crippen molar-refractivity contribution in [2.75, 3.05) is 13.2 Å². The van der Waals surface area contributed by atoms with Crippen molar-refractivity contribution < 1.29 is 76.6 Å². The van der Waals surface area contributed by atoms with E-state index in [1.165, 1.54) is 24.3 Å². The average molecular weight is 720 g/mol. The molecule has 1 unspecified atom stereocenters. The number of nitro benzene ring substituents is 1. The van der Waals surface area contributed by atoms with Crippen LogP contribution in [-0.2, 0) is 61.8 Å². The molecule has 2 aromatic carbocycles. The Bertz CT molecular complexity index is 1550. The summed E-state index contributed by atoms with van der Waals surface area (Å²) in [6, 6.07) is 13.9. The summed E-state index contributed by atoms with van der Waals surface area (Å²) >= 11 is 0. The maximum atomic E-state index is 12.4. The molecule has 0 saturated carbocycles. The minimum absolute atomic E-state index is 0.0739. The Balaban J connectivity index is 1.51. The quantitative estimate of drug-likeness (QED) is 0.151. The first-order valence-electron chi connectivity index (χ1n) is 15.8. The van der Waals surface area contributed by atoms with Crippen LogP contribution in [0.25, 0.3) is 0 Å². The van der Waals surface area contributed by atoms with Crippen LogP contribution in [0.5, 0.6) is 5.75 Å². The maximum Gasteiger partial charge on any atom is 0.303 e. The smallest absolute Gasteiger partial charge is 0.303 e. The van der Waals surface area contributed by atoms with Gasteiger partial charge in [-0.15, -0.1) is 0 Å². The monoisotopic (exact) mass is 719 g/mol. The number of ether oxygens (including phenoxy) is 10.